The minimum absolute atomic E-state index is 0.683. The molecule has 0 spiro atoms. The van der Waals surface area contributed by atoms with Gasteiger partial charge in [-0.15, -0.1) is 0 Å². The number of hydrogen-bond donors (Lipinski definition) is 0. The second kappa shape index (κ2) is 14.5. The largest absolute Gasteiger partial charge is 0.309 e. The Morgan fingerprint density at radius 2 is 0.781 bits per heavy atom. The summed E-state index contributed by atoms with van der Waals surface area (Å²) >= 11 is 0. The first kappa shape index (κ1) is 36.0. The van der Waals surface area contributed by atoms with Crippen LogP contribution < -0.4 is 0 Å². The molecular formula is C59H37N5. The highest BCUT2D eigenvalue weighted by atomic mass is 15.0. The molecule has 64 heavy (non-hydrogen) atoms. The zero-order valence-electron chi connectivity index (χ0n) is 34.6. The maximum Gasteiger partial charge on any atom is 0.160 e. The third kappa shape index (κ3) is 5.75. The van der Waals surface area contributed by atoms with Crippen molar-refractivity contribution in [1.82, 2.24) is 24.1 Å². The van der Waals surface area contributed by atoms with Gasteiger partial charge in [-0.3, -0.25) is 0 Å². The smallest absolute Gasteiger partial charge is 0.160 e. The Kier molecular flexibility index (Phi) is 8.15. The number of para-hydroxylation sites is 4. The van der Waals surface area contributed by atoms with Gasteiger partial charge in [-0.2, -0.15) is 0 Å². The molecule has 13 rings (SSSR count). The fourth-order valence-electron chi connectivity index (χ4n) is 9.74. The first-order valence-electron chi connectivity index (χ1n) is 21.7. The van der Waals surface area contributed by atoms with Gasteiger partial charge in [0.2, 0.25) is 0 Å². The molecule has 0 radical (unpaired) electrons. The van der Waals surface area contributed by atoms with E-state index in [9.17, 15) is 0 Å². The predicted octanol–water partition coefficient (Wildman–Crippen LogP) is 15.0. The molecule has 0 atom stereocenters. The number of pyridine rings is 1. The van der Waals surface area contributed by atoms with Crippen molar-refractivity contribution in [3.05, 3.63) is 224 Å². The highest BCUT2D eigenvalue weighted by Crippen LogP contribution is 2.42. The minimum Gasteiger partial charge on any atom is -0.309 e. The highest BCUT2D eigenvalue weighted by Gasteiger charge is 2.20. The molecule has 4 heterocycles. The Morgan fingerprint density at radius 3 is 1.48 bits per heavy atom. The molecule has 5 nitrogen and oxygen atoms in total. The fraction of sp³-hybridized carbons (Fsp3) is 0. The molecule has 0 aliphatic rings. The van der Waals surface area contributed by atoms with E-state index in [4.69, 9.17) is 15.0 Å². The fourth-order valence-corrected chi connectivity index (χ4v) is 9.74. The predicted molar refractivity (Wildman–Crippen MR) is 265 cm³/mol. The van der Waals surface area contributed by atoms with E-state index in [1.165, 1.54) is 27.2 Å². The maximum atomic E-state index is 5.29. The molecule has 0 N–H and O–H groups in total. The van der Waals surface area contributed by atoms with E-state index in [0.29, 0.717) is 5.82 Å². The van der Waals surface area contributed by atoms with Crippen molar-refractivity contribution in [3.63, 3.8) is 0 Å². The van der Waals surface area contributed by atoms with Gasteiger partial charge in [0.1, 0.15) is 0 Å². The van der Waals surface area contributed by atoms with Gasteiger partial charge in [0.05, 0.1) is 44.7 Å². The molecule has 0 amide bonds. The topological polar surface area (TPSA) is 48.5 Å². The van der Waals surface area contributed by atoms with Crippen molar-refractivity contribution < 1.29 is 0 Å². The van der Waals surface area contributed by atoms with Gasteiger partial charge >= 0.3 is 0 Å². The summed E-state index contributed by atoms with van der Waals surface area (Å²) in [5.74, 6) is 0.683. The van der Waals surface area contributed by atoms with Crippen LogP contribution in [0.25, 0.3) is 122 Å². The number of aromatic nitrogens is 5. The first-order valence-corrected chi connectivity index (χ1v) is 21.7. The maximum absolute atomic E-state index is 5.29. The normalized spacial score (nSPS) is 11.8. The van der Waals surface area contributed by atoms with Gasteiger partial charge in [0.15, 0.2) is 5.82 Å². The van der Waals surface area contributed by atoms with Crippen LogP contribution in [0.5, 0.6) is 0 Å². The van der Waals surface area contributed by atoms with E-state index in [2.05, 4.69) is 215 Å². The summed E-state index contributed by atoms with van der Waals surface area (Å²) in [6.45, 7) is 0. The van der Waals surface area contributed by atoms with Crippen LogP contribution in [0.4, 0.5) is 0 Å². The molecule has 0 fully saturated rings. The first-order chi connectivity index (χ1) is 31.7. The van der Waals surface area contributed by atoms with Crippen molar-refractivity contribution in [2.45, 2.75) is 0 Å². The van der Waals surface area contributed by atoms with E-state index < -0.39 is 0 Å². The van der Waals surface area contributed by atoms with E-state index >= 15 is 0 Å². The molecule has 0 aliphatic carbocycles. The molecule has 298 valence electrons. The average Bonchev–Trinajstić information content (AvgIpc) is 3.88. The van der Waals surface area contributed by atoms with E-state index in [0.717, 1.165) is 88.8 Å². The van der Waals surface area contributed by atoms with Crippen LogP contribution >= 0.6 is 0 Å². The summed E-state index contributed by atoms with van der Waals surface area (Å²) in [5, 5.41) is 8.21. The quantitative estimate of drug-likeness (QED) is 0.157. The van der Waals surface area contributed by atoms with Crippen molar-refractivity contribution in [2.24, 2.45) is 0 Å². The standard InChI is InChI=1S/C59H37N5/c1-4-16-39(17-5-1)58-50-35-49-48-34-41(30-33-56(48)64(42-20-8-3-9-21-42)57(49)36-47(50)44-22-10-13-25-51(44)60-58)53-37-52(61-59(62-53)40-18-6-2-7-19-40)38-28-31-43(32-29-38)63-54-26-14-11-23-45(54)46-24-12-15-27-55(46)63/h1-37H. The number of rotatable bonds is 6. The van der Waals surface area contributed by atoms with Crippen molar-refractivity contribution >= 4 is 65.3 Å². The van der Waals surface area contributed by atoms with Gasteiger partial charge in [-0.05, 0) is 78.2 Å². The van der Waals surface area contributed by atoms with Crippen LogP contribution in [-0.2, 0) is 0 Å². The van der Waals surface area contributed by atoms with Crippen LogP contribution in [0.2, 0.25) is 0 Å². The van der Waals surface area contributed by atoms with E-state index in [1.807, 2.05) is 18.2 Å². The second-order valence-electron chi connectivity index (χ2n) is 16.4. The molecule has 0 bridgehead atoms. The lowest BCUT2D eigenvalue weighted by Gasteiger charge is -2.12. The van der Waals surface area contributed by atoms with Crippen molar-refractivity contribution in [2.75, 3.05) is 0 Å². The van der Waals surface area contributed by atoms with Gasteiger partial charge < -0.3 is 9.13 Å². The molecule has 0 saturated heterocycles. The van der Waals surface area contributed by atoms with Crippen LogP contribution in [-0.4, -0.2) is 24.1 Å². The van der Waals surface area contributed by atoms with Crippen LogP contribution in [0.3, 0.4) is 0 Å². The third-order valence-electron chi connectivity index (χ3n) is 12.7. The average molecular weight is 816 g/mol. The van der Waals surface area contributed by atoms with Crippen molar-refractivity contribution in [3.8, 4) is 56.5 Å². The molecule has 0 aliphatic heterocycles. The second-order valence-corrected chi connectivity index (χ2v) is 16.4. The van der Waals surface area contributed by atoms with Gasteiger partial charge in [0.25, 0.3) is 0 Å². The summed E-state index contributed by atoms with van der Waals surface area (Å²) in [4.78, 5) is 15.8. The third-order valence-corrected chi connectivity index (χ3v) is 12.7. The Bertz CT molecular complexity index is 3870. The Hall–Kier alpha value is -8.67. The number of benzene rings is 9. The molecular weight excluding hydrogens is 779 g/mol. The summed E-state index contributed by atoms with van der Waals surface area (Å²) < 4.78 is 4.74. The lowest BCUT2D eigenvalue weighted by Crippen LogP contribution is -1.97. The SMILES string of the molecule is c1ccc(-c2nc(-c3ccc(-n4c5ccccc5c5ccccc54)cc3)cc(-c3ccc4c(c3)c3cc5c(-c6ccccc6)nc6ccccc6c5cc3n4-c3ccccc3)n2)cc1. The monoisotopic (exact) mass is 815 g/mol. The van der Waals surface area contributed by atoms with Crippen molar-refractivity contribution in [1.29, 1.82) is 0 Å². The number of nitrogens with zero attached hydrogens (tertiary/aromatic N) is 5. The zero-order chi connectivity index (χ0) is 42.1. The summed E-state index contributed by atoms with van der Waals surface area (Å²) in [7, 11) is 0. The van der Waals surface area contributed by atoms with Gasteiger partial charge in [0, 0.05) is 65.9 Å². The van der Waals surface area contributed by atoms with Gasteiger partial charge in [-0.1, -0.05) is 152 Å². The number of hydrogen-bond acceptors (Lipinski definition) is 3. The Morgan fingerprint density at radius 1 is 0.266 bits per heavy atom. The molecule has 9 aromatic carbocycles. The molecule has 0 saturated carbocycles. The van der Waals surface area contributed by atoms with E-state index in [-0.39, 0.29) is 0 Å². The lowest BCUT2D eigenvalue weighted by atomic mass is 9.97. The van der Waals surface area contributed by atoms with Gasteiger partial charge in [-0.25, -0.2) is 15.0 Å². The highest BCUT2D eigenvalue weighted by molar-refractivity contribution is 6.20. The molecule has 0 unspecified atom stereocenters. The molecule has 5 heteroatoms. The Labute approximate surface area is 368 Å². The summed E-state index contributed by atoms with van der Waals surface area (Å²) in [6.07, 6.45) is 0. The van der Waals surface area contributed by atoms with Crippen LogP contribution in [0.1, 0.15) is 0 Å². The summed E-state index contributed by atoms with van der Waals surface area (Å²) in [6, 6.07) is 79.6. The Balaban J connectivity index is 1.02. The summed E-state index contributed by atoms with van der Waals surface area (Å²) in [5.41, 5.74) is 14.6. The minimum atomic E-state index is 0.683. The van der Waals surface area contributed by atoms with Crippen LogP contribution in [0.15, 0.2) is 224 Å². The number of fused-ring (bicyclic) bond motifs is 9. The van der Waals surface area contributed by atoms with Crippen LogP contribution in [0, 0.1) is 0 Å². The zero-order valence-corrected chi connectivity index (χ0v) is 34.6. The molecule has 4 aromatic heterocycles. The lowest BCUT2D eigenvalue weighted by molar-refractivity contribution is 1.17. The molecule has 13 aromatic rings. The van der Waals surface area contributed by atoms with E-state index in [1.54, 1.807) is 0 Å².